The van der Waals surface area contributed by atoms with Crippen molar-refractivity contribution in [1.29, 1.82) is 0 Å². The molecule has 0 radical (unpaired) electrons. The van der Waals surface area contributed by atoms with Gasteiger partial charge in [-0.3, -0.25) is 4.68 Å². The Morgan fingerprint density at radius 2 is 2.40 bits per heavy atom. The van der Waals surface area contributed by atoms with Crippen molar-refractivity contribution in [2.45, 2.75) is 24.9 Å². The van der Waals surface area contributed by atoms with E-state index in [2.05, 4.69) is 9.84 Å². The Morgan fingerprint density at radius 1 is 1.73 bits per heavy atom. The fourth-order valence-corrected chi connectivity index (χ4v) is 1.53. The molecule has 2 rings (SSSR count). The number of hydrogen-bond donors (Lipinski definition) is 1. The molecule has 1 fully saturated rings. The lowest BCUT2D eigenvalue weighted by atomic mass is 10.1. The third kappa shape index (κ3) is 2.02. The number of nitrogens with zero attached hydrogens (tertiary/aromatic N) is 2. The first-order chi connectivity index (χ1) is 7.04. The molecule has 5 nitrogen and oxygen atoms in total. The highest BCUT2D eigenvalue weighted by molar-refractivity contribution is 5.87. The molecule has 1 heterocycles. The summed E-state index contributed by atoms with van der Waals surface area (Å²) >= 11 is 0. The molecule has 0 aromatic carbocycles. The molecule has 0 aliphatic heterocycles. The van der Waals surface area contributed by atoms with Crippen LogP contribution in [0.25, 0.3) is 0 Å². The minimum Gasteiger partial charge on any atom is -0.464 e. The van der Waals surface area contributed by atoms with Crippen molar-refractivity contribution in [3.63, 3.8) is 0 Å². The maximum Gasteiger partial charge on any atom is 0.358 e. The van der Waals surface area contributed by atoms with Crippen LogP contribution in [0.5, 0.6) is 0 Å². The van der Waals surface area contributed by atoms with Gasteiger partial charge in [0.25, 0.3) is 0 Å². The van der Waals surface area contributed by atoms with E-state index in [4.69, 9.17) is 0 Å². The van der Waals surface area contributed by atoms with Crippen molar-refractivity contribution in [3.05, 3.63) is 17.5 Å². The first kappa shape index (κ1) is 10.2. The number of carbonyl (C=O) groups is 1. The van der Waals surface area contributed by atoms with Gasteiger partial charge in [-0.25, -0.2) is 4.79 Å². The number of esters is 1. The number of aromatic nitrogens is 2. The van der Waals surface area contributed by atoms with Crippen molar-refractivity contribution < 1.29 is 14.6 Å². The van der Waals surface area contributed by atoms with Gasteiger partial charge >= 0.3 is 5.97 Å². The molecule has 15 heavy (non-hydrogen) atoms. The second kappa shape index (κ2) is 3.34. The summed E-state index contributed by atoms with van der Waals surface area (Å²) in [6.45, 7) is 0. The highest BCUT2D eigenvalue weighted by Crippen LogP contribution is 2.38. The van der Waals surface area contributed by atoms with Crippen LogP contribution in [0.2, 0.25) is 0 Å². The molecule has 0 saturated heterocycles. The van der Waals surface area contributed by atoms with Crippen LogP contribution in [0.3, 0.4) is 0 Å². The van der Waals surface area contributed by atoms with Crippen LogP contribution in [0.1, 0.15) is 29.0 Å². The lowest BCUT2D eigenvalue weighted by Gasteiger charge is -2.06. The quantitative estimate of drug-likeness (QED) is 0.727. The Kier molecular flexibility index (Phi) is 2.26. The van der Waals surface area contributed by atoms with Crippen LogP contribution in [-0.4, -0.2) is 33.6 Å². The van der Waals surface area contributed by atoms with Crippen molar-refractivity contribution in [2.24, 2.45) is 7.05 Å². The number of methoxy groups -OCH3 is 1. The summed E-state index contributed by atoms with van der Waals surface area (Å²) in [7, 11) is 3.08. The Bertz CT molecular complexity index is 393. The number of aliphatic hydroxyl groups is 1. The lowest BCUT2D eigenvalue weighted by molar-refractivity contribution is 0.0593. The minimum absolute atomic E-state index is 0.291. The van der Waals surface area contributed by atoms with Crippen molar-refractivity contribution in [3.8, 4) is 0 Å². The van der Waals surface area contributed by atoms with Crippen LogP contribution in [0.4, 0.5) is 0 Å². The summed E-state index contributed by atoms with van der Waals surface area (Å²) in [5.74, 6) is -0.445. The third-order valence-electron chi connectivity index (χ3n) is 2.71. The Labute approximate surface area is 87.7 Å². The average Bonchev–Trinajstić information content (AvgIpc) is 2.81. The first-order valence-electron chi connectivity index (χ1n) is 4.88. The van der Waals surface area contributed by atoms with Gasteiger partial charge in [-0.05, 0) is 18.9 Å². The van der Waals surface area contributed by atoms with Crippen molar-refractivity contribution in [1.82, 2.24) is 9.78 Å². The maximum absolute atomic E-state index is 11.2. The minimum atomic E-state index is -0.568. The first-order valence-corrected chi connectivity index (χ1v) is 4.88. The van der Waals surface area contributed by atoms with Gasteiger partial charge in [-0.2, -0.15) is 5.10 Å². The largest absolute Gasteiger partial charge is 0.464 e. The molecular weight excluding hydrogens is 196 g/mol. The van der Waals surface area contributed by atoms with E-state index in [0.717, 1.165) is 18.5 Å². The van der Waals surface area contributed by atoms with Gasteiger partial charge in [0.2, 0.25) is 0 Å². The summed E-state index contributed by atoms with van der Waals surface area (Å²) in [5, 5.41) is 13.8. The summed E-state index contributed by atoms with van der Waals surface area (Å²) in [5.41, 5.74) is 0.580. The molecule has 1 N–H and O–H groups in total. The van der Waals surface area contributed by atoms with E-state index in [0.29, 0.717) is 12.1 Å². The molecule has 0 atom stereocenters. The number of hydrogen-bond acceptors (Lipinski definition) is 4. The van der Waals surface area contributed by atoms with Gasteiger partial charge in [0.05, 0.1) is 12.7 Å². The zero-order chi connectivity index (χ0) is 11.1. The van der Waals surface area contributed by atoms with Crippen molar-refractivity contribution in [2.75, 3.05) is 7.11 Å². The number of ether oxygens (including phenoxy) is 1. The average molecular weight is 210 g/mol. The standard InChI is InChI=1S/C10H14N2O3/c1-12-7(6-10(14)3-4-10)5-8(11-12)9(13)15-2/h5,14H,3-4,6H2,1-2H3. The van der Waals surface area contributed by atoms with E-state index >= 15 is 0 Å². The zero-order valence-corrected chi connectivity index (χ0v) is 8.86. The van der Waals surface area contributed by atoms with E-state index in [1.807, 2.05) is 0 Å². The van der Waals surface area contributed by atoms with Crippen LogP contribution in [0.15, 0.2) is 6.07 Å². The summed E-state index contributed by atoms with van der Waals surface area (Å²) in [6.07, 6.45) is 2.20. The second-order valence-corrected chi connectivity index (χ2v) is 4.04. The molecule has 0 amide bonds. The topological polar surface area (TPSA) is 64.3 Å². The molecule has 1 aromatic heterocycles. The Morgan fingerprint density at radius 3 is 2.93 bits per heavy atom. The molecule has 0 unspecified atom stereocenters. The third-order valence-corrected chi connectivity index (χ3v) is 2.71. The molecule has 1 aliphatic carbocycles. The summed E-state index contributed by atoms with van der Waals surface area (Å²) in [4.78, 5) is 11.2. The molecule has 1 aromatic rings. The van der Waals surface area contributed by atoms with E-state index in [9.17, 15) is 9.90 Å². The Hall–Kier alpha value is -1.36. The Balaban J connectivity index is 2.17. The molecule has 1 saturated carbocycles. The van der Waals surface area contributed by atoms with Gasteiger partial charge in [0.1, 0.15) is 0 Å². The fraction of sp³-hybridized carbons (Fsp3) is 0.600. The van der Waals surface area contributed by atoms with E-state index < -0.39 is 11.6 Å². The van der Waals surface area contributed by atoms with Crippen molar-refractivity contribution >= 4 is 5.97 Å². The molecule has 82 valence electrons. The number of aryl methyl sites for hydroxylation is 1. The van der Waals surface area contributed by atoms with Gasteiger partial charge < -0.3 is 9.84 Å². The predicted octanol–water partition coefficient (Wildman–Crippen LogP) is 0.274. The van der Waals surface area contributed by atoms with Gasteiger partial charge in [0, 0.05) is 19.2 Å². The molecule has 1 aliphatic rings. The van der Waals surface area contributed by atoms with Crippen LogP contribution in [-0.2, 0) is 18.2 Å². The fourth-order valence-electron chi connectivity index (χ4n) is 1.53. The smallest absolute Gasteiger partial charge is 0.358 e. The summed E-state index contributed by atoms with van der Waals surface area (Å²) in [6, 6.07) is 1.67. The van der Waals surface area contributed by atoms with E-state index in [1.54, 1.807) is 17.8 Å². The zero-order valence-electron chi connectivity index (χ0n) is 8.86. The molecular formula is C10H14N2O3. The van der Waals surface area contributed by atoms with Gasteiger partial charge in [-0.1, -0.05) is 0 Å². The summed E-state index contributed by atoms with van der Waals surface area (Å²) < 4.78 is 6.19. The van der Waals surface area contributed by atoms with Crippen LogP contribution in [0, 0.1) is 0 Å². The van der Waals surface area contributed by atoms with Crippen LogP contribution < -0.4 is 0 Å². The number of rotatable bonds is 3. The highest BCUT2D eigenvalue weighted by atomic mass is 16.5. The van der Waals surface area contributed by atoms with Gasteiger partial charge in [-0.15, -0.1) is 0 Å². The molecule has 0 bridgehead atoms. The van der Waals surface area contributed by atoms with Gasteiger partial charge in [0.15, 0.2) is 5.69 Å². The van der Waals surface area contributed by atoms with Crippen LogP contribution >= 0.6 is 0 Å². The molecule has 5 heteroatoms. The normalized spacial score (nSPS) is 17.5. The van der Waals surface area contributed by atoms with E-state index in [1.165, 1.54) is 7.11 Å². The second-order valence-electron chi connectivity index (χ2n) is 4.04. The number of carbonyl (C=O) groups excluding carboxylic acids is 1. The van der Waals surface area contributed by atoms with E-state index in [-0.39, 0.29) is 0 Å². The monoisotopic (exact) mass is 210 g/mol. The maximum atomic E-state index is 11.2. The SMILES string of the molecule is COC(=O)c1cc(CC2(O)CC2)n(C)n1. The highest BCUT2D eigenvalue weighted by Gasteiger charge is 2.41. The molecule has 0 spiro atoms. The predicted molar refractivity (Wildman–Crippen MR) is 52.4 cm³/mol. The lowest BCUT2D eigenvalue weighted by Crippen LogP contribution is -2.13.